The van der Waals surface area contributed by atoms with E-state index in [1.54, 1.807) is 0 Å². The molecule has 1 heterocycles. The molecule has 102 valence electrons. The Bertz CT molecular complexity index is 529. The minimum Gasteiger partial charge on any atom is -0.361 e. The number of hydrogen-bond donors (Lipinski definition) is 2. The number of aromatic amines is 1. The molecule has 0 saturated heterocycles. The molecule has 2 nitrogen and oxygen atoms in total. The molecule has 1 fully saturated rings. The Labute approximate surface area is 115 Å². The topological polar surface area (TPSA) is 32.4 Å². The third kappa shape index (κ3) is 2.84. The monoisotopic (exact) mass is 257 g/mol. The quantitative estimate of drug-likeness (QED) is 0.844. The van der Waals surface area contributed by atoms with E-state index >= 15 is 0 Å². The molecule has 1 aromatic carbocycles. The smallest absolute Gasteiger partial charge is 0.0884 e. The van der Waals surface area contributed by atoms with Gasteiger partial charge in [0.1, 0.15) is 0 Å². The Morgan fingerprint density at radius 1 is 1.21 bits per heavy atom. The van der Waals surface area contributed by atoms with Crippen LogP contribution in [0, 0.1) is 5.92 Å². The van der Waals surface area contributed by atoms with E-state index in [-0.39, 0.29) is 0 Å². The van der Waals surface area contributed by atoms with Gasteiger partial charge in [-0.3, -0.25) is 0 Å². The van der Waals surface area contributed by atoms with Gasteiger partial charge in [-0.1, -0.05) is 31.5 Å². The second-order valence-electron chi connectivity index (χ2n) is 6.06. The van der Waals surface area contributed by atoms with Crippen LogP contribution in [0.25, 0.3) is 10.9 Å². The van der Waals surface area contributed by atoms with Gasteiger partial charge in [-0.25, -0.2) is 0 Å². The first-order valence-corrected chi connectivity index (χ1v) is 7.73. The standard InChI is InChI=1S/C17H24N2/c1-13-6-2-4-8-16(13)18-11-10-14-12-19-17-9-5-3-7-15(14)17/h3,5,7,9,12-13,16,18-19H,2,4,6,8,10-11H2,1H3/p+1/t13-,16-/m1/s1. The van der Waals surface area contributed by atoms with Gasteiger partial charge in [0.15, 0.2) is 0 Å². The van der Waals surface area contributed by atoms with E-state index in [0.717, 1.165) is 12.0 Å². The highest BCUT2D eigenvalue weighted by molar-refractivity contribution is 5.82. The van der Waals surface area contributed by atoms with E-state index in [1.165, 1.54) is 55.1 Å². The van der Waals surface area contributed by atoms with Crippen molar-refractivity contribution in [2.45, 2.75) is 45.1 Å². The summed E-state index contributed by atoms with van der Waals surface area (Å²) in [5, 5.41) is 3.98. The van der Waals surface area contributed by atoms with Crippen molar-refractivity contribution in [3.8, 4) is 0 Å². The molecule has 3 N–H and O–H groups in total. The number of benzene rings is 1. The molecule has 2 aromatic rings. The molecule has 0 radical (unpaired) electrons. The molecule has 0 unspecified atom stereocenters. The second kappa shape index (κ2) is 5.79. The summed E-state index contributed by atoms with van der Waals surface area (Å²) >= 11 is 0. The second-order valence-corrected chi connectivity index (χ2v) is 6.06. The molecule has 0 aliphatic heterocycles. The van der Waals surface area contributed by atoms with Gasteiger partial charge in [0.2, 0.25) is 0 Å². The highest BCUT2D eigenvalue weighted by atomic mass is 14.9. The summed E-state index contributed by atoms with van der Waals surface area (Å²) in [4.78, 5) is 3.37. The minimum absolute atomic E-state index is 0.860. The van der Waals surface area contributed by atoms with Gasteiger partial charge in [-0.2, -0.15) is 0 Å². The lowest BCUT2D eigenvalue weighted by molar-refractivity contribution is -0.697. The zero-order valence-electron chi connectivity index (χ0n) is 11.9. The number of quaternary nitrogens is 1. The van der Waals surface area contributed by atoms with Gasteiger partial charge < -0.3 is 10.3 Å². The van der Waals surface area contributed by atoms with Crippen LogP contribution in [0.15, 0.2) is 30.5 Å². The van der Waals surface area contributed by atoms with Crippen molar-refractivity contribution in [1.29, 1.82) is 0 Å². The number of fused-ring (bicyclic) bond motifs is 1. The summed E-state index contributed by atoms with van der Waals surface area (Å²) in [6.45, 7) is 3.64. The largest absolute Gasteiger partial charge is 0.361 e. The molecular formula is C17H25N2+. The fourth-order valence-electron chi connectivity index (χ4n) is 3.49. The summed E-state index contributed by atoms with van der Waals surface area (Å²) in [5.74, 6) is 0.900. The number of aromatic nitrogens is 1. The SMILES string of the molecule is C[C@@H]1CCCC[C@H]1[NH2+]CCc1c[nH]c2ccccc12. The van der Waals surface area contributed by atoms with Crippen LogP contribution >= 0.6 is 0 Å². The predicted molar refractivity (Wildman–Crippen MR) is 80.2 cm³/mol. The zero-order valence-corrected chi connectivity index (χ0v) is 11.9. The molecule has 0 spiro atoms. The van der Waals surface area contributed by atoms with Gasteiger partial charge in [0.25, 0.3) is 0 Å². The third-order valence-electron chi connectivity index (χ3n) is 4.74. The first-order valence-electron chi connectivity index (χ1n) is 7.73. The molecule has 1 aromatic heterocycles. The molecule has 2 atom stereocenters. The van der Waals surface area contributed by atoms with Gasteiger partial charge in [-0.05, 0) is 30.9 Å². The summed E-state index contributed by atoms with van der Waals surface area (Å²) in [7, 11) is 0. The van der Waals surface area contributed by atoms with Crippen molar-refractivity contribution in [2.24, 2.45) is 5.92 Å². The highest BCUT2D eigenvalue weighted by Gasteiger charge is 2.23. The molecule has 0 amide bonds. The van der Waals surface area contributed by atoms with Gasteiger partial charge in [0, 0.05) is 29.4 Å². The van der Waals surface area contributed by atoms with Crippen LogP contribution in [-0.4, -0.2) is 17.6 Å². The zero-order chi connectivity index (χ0) is 13.1. The molecule has 1 aliphatic rings. The maximum absolute atomic E-state index is 3.37. The van der Waals surface area contributed by atoms with Crippen molar-refractivity contribution in [3.63, 3.8) is 0 Å². The van der Waals surface area contributed by atoms with Crippen LogP contribution in [0.5, 0.6) is 0 Å². The van der Waals surface area contributed by atoms with E-state index in [9.17, 15) is 0 Å². The van der Waals surface area contributed by atoms with Gasteiger partial charge in [-0.15, -0.1) is 0 Å². The Morgan fingerprint density at radius 3 is 2.95 bits per heavy atom. The summed E-state index contributed by atoms with van der Waals surface area (Å²) in [6.07, 6.45) is 9.06. The molecule has 0 bridgehead atoms. The van der Waals surface area contributed by atoms with Crippen molar-refractivity contribution in [2.75, 3.05) is 6.54 Å². The van der Waals surface area contributed by atoms with Crippen LogP contribution in [0.2, 0.25) is 0 Å². The lowest BCUT2D eigenvalue weighted by Crippen LogP contribution is -2.92. The van der Waals surface area contributed by atoms with E-state index < -0.39 is 0 Å². The minimum atomic E-state index is 0.860. The van der Waals surface area contributed by atoms with Crippen molar-refractivity contribution in [1.82, 2.24) is 4.98 Å². The van der Waals surface area contributed by atoms with Crippen LogP contribution < -0.4 is 5.32 Å². The fraction of sp³-hybridized carbons (Fsp3) is 0.529. The lowest BCUT2D eigenvalue weighted by Gasteiger charge is -2.26. The van der Waals surface area contributed by atoms with E-state index in [4.69, 9.17) is 0 Å². The number of hydrogen-bond acceptors (Lipinski definition) is 0. The molecule has 1 aliphatic carbocycles. The van der Waals surface area contributed by atoms with E-state index in [2.05, 4.69) is 47.7 Å². The van der Waals surface area contributed by atoms with Crippen LogP contribution in [0.3, 0.4) is 0 Å². The lowest BCUT2D eigenvalue weighted by atomic mass is 9.86. The molecule has 3 rings (SSSR count). The first kappa shape index (κ1) is 12.7. The number of H-pyrrole nitrogens is 1. The van der Waals surface area contributed by atoms with Gasteiger partial charge in [0.05, 0.1) is 12.6 Å². The van der Waals surface area contributed by atoms with Crippen LogP contribution in [0.1, 0.15) is 38.2 Å². The normalized spacial score (nSPS) is 23.8. The average molecular weight is 257 g/mol. The van der Waals surface area contributed by atoms with E-state index in [1.807, 2.05) is 0 Å². The van der Waals surface area contributed by atoms with Crippen molar-refractivity contribution < 1.29 is 5.32 Å². The number of rotatable bonds is 4. The number of nitrogens with one attached hydrogen (secondary N) is 1. The first-order chi connectivity index (χ1) is 9.34. The Balaban J connectivity index is 1.57. The fourth-order valence-corrected chi connectivity index (χ4v) is 3.49. The Hall–Kier alpha value is -1.28. The maximum Gasteiger partial charge on any atom is 0.0884 e. The average Bonchev–Trinajstić information content (AvgIpc) is 2.85. The van der Waals surface area contributed by atoms with Crippen LogP contribution in [-0.2, 0) is 6.42 Å². The van der Waals surface area contributed by atoms with Crippen molar-refractivity contribution >= 4 is 10.9 Å². The highest BCUT2D eigenvalue weighted by Crippen LogP contribution is 2.21. The molecule has 1 saturated carbocycles. The van der Waals surface area contributed by atoms with Crippen LogP contribution in [0.4, 0.5) is 0 Å². The molecule has 19 heavy (non-hydrogen) atoms. The third-order valence-corrected chi connectivity index (χ3v) is 4.74. The summed E-state index contributed by atoms with van der Waals surface area (Å²) < 4.78 is 0. The molecule has 2 heteroatoms. The van der Waals surface area contributed by atoms with E-state index in [0.29, 0.717) is 0 Å². The maximum atomic E-state index is 3.37. The summed E-state index contributed by atoms with van der Waals surface area (Å²) in [5.41, 5.74) is 2.74. The van der Waals surface area contributed by atoms with Crippen molar-refractivity contribution in [3.05, 3.63) is 36.0 Å². The predicted octanol–water partition coefficient (Wildman–Crippen LogP) is 2.85. The molecular weight excluding hydrogens is 232 g/mol. The Kier molecular flexibility index (Phi) is 3.88. The number of para-hydroxylation sites is 1. The summed E-state index contributed by atoms with van der Waals surface area (Å²) in [6, 6.07) is 9.47. The Morgan fingerprint density at radius 2 is 2.05 bits per heavy atom. The number of nitrogens with two attached hydrogens (primary N) is 1. The van der Waals surface area contributed by atoms with Gasteiger partial charge >= 0.3 is 0 Å².